The molecule has 0 fully saturated rings. The van der Waals surface area contributed by atoms with E-state index in [1.54, 1.807) is 0 Å². The third-order valence-corrected chi connectivity index (χ3v) is 2.11. The average molecular weight is 269 g/mol. The molecule has 0 unspecified atom stereocenters. The van der Waals surface area contributed by atoms with Crippen LogP contribution in [-0.2, 0) is 5.33 Å². The Morgan fingerprint density at radius 3 is 2.57 bits per heavy atom. The highest BCUT2D eigenvalue weighted by Gasteiger charge is 2.05. The highest BCUT2D eigenvalue weighted by molar-refractivity contribution is 9.08. The van der Waals surface area contributed by atoms with Gasteiger partial charge in [0, 0.05) is 11.4 Å². The summed E-state index contributed by atoms with van der Waals surface area (Å²) in [5, 5.41) is 0.454. The molecule has 0 bridgehead atoms. The van der Waals surface area contributed by atoms with Crippen molar-refractivity contribution in [2.24, 2.45) is 0 Å². The van der Waals surface area contributed by atoms with Crippen molar-refractivity contribution in [2.75, 3.05) is 6.61 Å². The largest absolute Gasteiger partial charge is 0.488 e. The molecule has 0 spiro atoms. The minimum Gasteiger partial charge on any atom is -0.488 e. The van der Waals surface area contributed by atoms with E-state index in [9.17, 15) is 13.2 Å². The molecule has 0 saturated carbocycles. The summed E-state index contributed by atoms with van der Waals surface area (Å²) < 4.78 is 41.1. The summed E-state index contributed by atoms with van der Waals surface area (Å²) in [6.45, 7) is -0.717. The third-order valence-electron chi connectivity index (χ3n) is 1.46. The molecule has 1 aromatic rings. The molecule has 0 N–H and O–H groups in total. The van der Waals surface area contributed by atoms with Gasteiger partial charge >= 0.3 is 0 Å². The van der Waals surface area contributed by atoms with E-state index in [4.69, 9.17) is 0 Å². The summed E-state index contributed by atoms with van der Waals surface area (Å²) >= 11 is 3.14. The van der Waals surface area contributed by atoms with Crippen LogP contribution in [0.4, 0.5) is 13.2 Å². The molecule has 1 nitrogen and oxygen atoms in total. The van der Waals surface area contributed by atoms with E-state index < -0.39 is 18.8 Å². The zero-order valence-corrected chi connectivity index (χ0v) is 8.73. The fraction of sp³-hybridized carbons (Fsp3) is 0.333. The smallest absolute Gasteiger partial charge is 0.272 e. The molecule has 0 aliphatic heterocycles. The second-order valence-corrected chi connectivity index (χ2v) is 3.19. The van der Waals surface area contributed by atoms with E-state index in [1.165, 1.54) is 12.1 Å². The standard InChI is InChI=1S/C9H8BrF3O/c10-4-6-1-7(11)3-8(2-6)14-5-9(12)13/h1-3,9H,4-5H2. The topological polar surface area (TPSA) is 9.23 Å². The lowest BCUT2D eigenvalue weighted by atomic mass is 10.2. The average Bonchev–Trinajstić information content (AvgIpc) is 2.14. The predicted octanol–water partition coefficient (Wildman–Crippen LogP) is 3.36. The Bertz CT molecular complexity index is 304. The highest BCUT2D eigenvalue weighted by atomic mass is 79.9. The quantitative estimate of drug-likeness (QED) is 0.761. The lowest BCUT2D eigenvalue weighted by Gasteiger charge is -2.06. The van der Waals surface area contributed by atoms with Gasteiger partial charge in [0.2, 0.25) is 0 Å². The van der Waals surface area contributed by atoms with Crippen molar-refractivity contribution in [3.05, 3.63) is 29.6 Å². The minimum absolute atomic E-state index is 0.125. The van der Waals surface area contributed by atoms with Gasteiger partial charge in [-0.1, -0.05) is 15.9 Å². The van der Waals surface area contributed by atoms with Crippen molar-refractivity contribution in [1.82, 2.24) is 0 Å². The molecule has 0 radical (unpaired) electrons. The van der Waals surface area contributed by atoms with E-state index in [-0.39, 0.29) is 5.75 Å². The molecule has 0 aliphatic carbocycles. The van der Waals surface area contributed by atoms with Crippen molar-refractivity contribution in [3.8, 4) is 5.75 Å². The summed E-state index contributed by atoms with van der Waals surface area (Å²) in [7, 11) is 0. The molecule has 78 valence electrons. The van der Waals surface area contributed by atoms with Crippen LogP contribution in [0.5, 0.6) is 5.75 Å². The van der Waals surface area contributed by atoms with Crippen molar-refractivity contribution >= 4 is 15.9 Å². The van der Waals surface area contributed by atoms with Gasteiger partial charge in [-0.25, -0.2) is 13.2 Å². The van der Waals surface area contributed by atoms with Crippen molar-refractivity contribution in [2.45, 2.75) is 11.8 Å². The van der Waals surface area contributed by atoms with Crippen LogP contribution >= 0.6 is 15.9 Å². The zero-order valence-electron chi connectivity index (χ0n) is 7.14. The van der Waals surface area contributed by atoms with Crippen LogP contribution < -0.4 is 4.74 Å². The van der Waals surface area contributed by atoms with E-state index in [0.717, 1.165) is 6.07 Å². The van der Waals surface area contributed by atoms with Gasteiger partial charge in [-0.15, -0.1) is 0 Å². The maximum Gasteiger partial charge on any atom is 0.272 e. The van der Waals surface area contributed by atoms with Gasteiger partial charge in [0.1, 0.15) is 18.2 Å². The molecule has 1 aromatic carbocycles. The fourth-order valence-corrected chi connectivity index (χ4v) is 1.26. The van der Waals surface area contributed by atoms with Crippen LogP contribution in [0.2, 0.25) is 0 Å². The van der Waals surface area contributed by atoms with Gasteiger partial charge < -0.3 is 4.74 Å². The molecule has 1 rings (SSSR count). The normalized spacial score (nSPS) is 10.6. The molecule has 0 aromatic heterocycles. The lowest BCUT2D eigenvalue weighted by Crippen LogP contribution is -2.07. The summed E-state index contributed by atoms with van der Waals surface area (Å²) in [5.41, 5.74) is 0.647. The minimum atomic E-state index is -2.55. The van der Waals surface area contributed by atoms with Gasteiger partial charge in [0.05, 0.1) is 0 Å². The Morgan fingerprint density at radius 1 is 1.29 bits per heavy atom. The van der Waals surface area contributed by atoms with E-state index in [0.29, 0.717) is 10.9 Å². The molecule has 0 atom stereocenters. The first kappa shape index (κ1) is 11.4. The van der Waals surface area contributed by atoms with Crippen LogP contribution in [-0.4, -0.2) is 13.0 Å². The van der Waals surface area contributed by atoms with Crippen molar-refractivity contribution in [3.63, 3.8) is 0 Å². The number of ether oxygens (including phenoxy) is 1. The van der Waals surface area contributed by atoms with Crippen molar-refractivity contribution in [1.29, 1.82) is 0 Å². The van der Waals surface area contributed by atoms with Gasteiger partial charge in [0.25, 0.3) is 6.43 Å². The van der Waals surface area contributed by atoms with Crippen LogP contribution in [0.25, 0.3) is 0 Å². The van der Waals surface area contributed by atoms with Crippen LogP contribution in [0.3, 0.4) is 0 Å². The Hall–Kier alpha value is -0.710. The Balaban J connectivity index is 2.71. The fourth-order valence-electron chi connectivity index (χ4n) is 0.940. The number of hydrogen-bond donors (Lipinski definition) is 0. The second kappa shape index (κ2) is 5.24. The predicted molar refractivity (Wildman–Crippen MR) is 50.5 cm³/mol. The summed E-state index contributed by atoms with van der Waals surface area (Å²) in [5.74, 6) is -0.369. The number of alkyl halides is 3. The van der Waals surface area contributed by atoms with Crippen LogP contribution in [0.1, 0.15) is 5.56 Å². The SMILES string of the molecule is Fc1cc(CBr)cc(OCC(F)F)c1. The first-order chi connectivity index (χ1) is 6.61. The molecule has 0 aliphatic rings. The second-order valence-electron chi connectivity index (χ2n) is 2.63. The highest BCUT2D eigenvalue weighted by Crippen LogP contribution is 2.18. The number of benzene rings is 1. The first-order valence-electron chi connectivity index (χ1n) is 3.88. The van der Waals surface area contributed by atoms with Crippen molar-refractivity contribution < 1.29 is 17.9 Å². The first-order valence-corrected chi connectivity index (χ1v) is 5.00. The zero-order chi connectivity index (χ0) is 10.6. The summed E-state index contributed by atoms with van der Waals surface area (Å²) in [4.78, 5) is 0. The molecular formula is C9H8BrF3O. The van der Waals surface area contributed by atoms with Crippen LogP contribution in [0, 0.1) is 5.82 Å². The van der Waals surface area contributed by atoms with Crippen LogP contribution in [0.15, 0.2) is 18.2 Å². The third kappa shape index (κ3) is 3.57. The summed E-state index contributed by atoms with van der Waals surface area (Å²) in [6.07, 6.45) is -2.55. The van der Waals surface area contributed by atoms with Gasteiger partial charge in [-0.3, -0.25) is 0 Å². The Morgan fingerprint density at radius 2 is 2.00 bits per heavy atom. The molecule has 14 heavy (non-hydrogen) atoms. The van der Waals surface area contributed by atoms with E-state index in [1.807, 2.05) is 0 Å². The molecule has 5 heteroatoms. The Kier molecular flexibility index (Phi) is 4.25. The summed E-state index contributed by atoms with van der Waals surface area (Å²) in [6, 6.07) is 3.90. The maximum absolute atomic E-state index is 12.9. The van der Waals surface area contributed by atoms with Gasteiger partial charge in [-0.05, 0) is 17.7 Å². The molecule has 0 heterocycles. The van der Waals surface area contributed by atoms with E-state index in [2.05, 4.69) is 20.7 Å². The number of rotatable bonds is 4. The lowest BCUT2D eigenvalue weighted by molar-refractivity contribution is 0.0817. The molecular weight excluding hydrogens is 261 g/mol. The van der Waals surface area contributed by atoms with E-state index >= 15 is 0 Å². The number of hydrogen-bond acceptors (Lipinski definition) is 1. The van der Waals surface area contributed by atoms with Gasteiger partial charge in [-0.2, -0.15) is 0 Å². The monoisotopic (exact) mass is 268 g/mol. The molecule has 0 saturated heterocycles. The molecule has 0 amide bonds. The number of halogens is 4. The van der Waals surface area contributed by atoms with Gasteiger partial charge in [0.15, 0.2) is 0 Å². The Labute approximate surface area is 88.0 Å². The maximum atomic E-state index is 12.9.